The normalized spacial score (nSPS) is 12.3. The van der Waals surface area contributed by atoms with Gasteiger partial charge in [-0.2, -0.15) is 5.10 Å². The third kappa shape index (κ3) is 3.74. The van der Waals surface area contributed by atoms with Gasteiger partial charge in [-0.05, 0) is 49.1 Å². The summed E-state index contributed by atoms with van der Waals surface area (Å²) in [7, 11) is 1.70. The number of methoxy groups -OCH3 is 1. The summed E-state index contributed by atoms with van der Waals surface area (Å²) in [6.07, 6.45) is 1.85. The van der Waals surface area contributed by atoms with Crippen molar-refractivity contribution in [1.82, 2.24) is 15.1 Å². The fraction of sp³-hybridized carbons (Fsp3) is 0.208. The Morgan fingerprint density at radius 1 is 1.07 bits per heavy atom. The summed E-state index contributed by atoms with van der Waals surface area (Å²) in [5.74, 6) is 0.612. The quantitative estimate of drug-likeness (QED) is 0.484. The standard InChI is InChI=1S/C24H24FN3O/c1-16(23-15-27-28(17(23)2)20-8-6-7-19(25)13-20)26-14-18-11-12-24(29-3)22-10-5-4-9-21(18)22/h4-13,15-16,26H,14H2,1-3H3/t16-/m1/s1. The molecule has 1 aromatic heterocycles. The first-order chi connectivity index (χ1) is 14.1. The number of hydrogen-bond acceptors (Lipinski definition) is 3. The maximum atomic E-state index is 13.6. The van der Waals surface area contributed by atoms with Crippen molar-refractivity contribution in [2.24, 2.45) is 0 Å². The van der Waals surface area contributed by atoms with Crippen molar-refractivity contribution in [3.05, 3.63) is 89.5 Å². The van der Waals surface area contributed by atoms with E-state index in [1.165, 1.54) is 23.1 Å². The van der Waals surface area contributed by atoms with Gasteiger partial charge in [-0.15, -0.1) is 0 Å². The van der Waals surface area contributed by atoms with Gasteiger partial charge in [-0.3, -0.25) is 0 Å². The number of halogens is 1. The topological polar surface area (TPSA) is 39.1 Å². The van der Waals surface area contributed by atoms with Crippen molar-refractivity contribution in [1.29, 1.82) is 0 Å². The van der Waals surface area contributed by atoms with Crippen LogP contribution in [-0.4, -0.2) is 16.9 Å². The van der Waals surface area contributed by atoms with Crippen molar-refractivity contribution >= 4 is 10.8 Å². The number of hydrogen-bond donors (Lipinski definition) is 1. The summed E-state index contributed by atoms with van der Waals surface area (Å²) in [6, 6.07) is 18.9. The molecule has 29 heavy (non-hydrogen) atoms. The summed E-state index contributed by atoms with van der Waals surface area (Å²) in [5.41, 5.74) is 4.02. The van der Waals surface area contributed by atoms with Crippen molar-refractivity contribution in [2.75, 3.05) is 7.11 Å². The minimum atomic E-state index is -0.267. The number of nitrogens with zero attached hydrogens (tertiary/aromatic N) is 2. The Labute approximate surface area is 169 Å². The van der Waals surface area contributed by atoms with Crippen LogP contribution in [0.15, 0.2) is 66.9 Å². The molecule has 1 heterocycles. The van der Waals surface area contributed by atoms with E-state index in [-0.39, 0.29) is 11.9 Å². The highest BCUT2D eigenvalue weighted by molar-refractivity contribution is 5.91. The maximum Gasteiger partial charge on any atom is 0.126 e. The van der Waals surface area contributed by atoms with Gasteiger partial charge < -0.3 is 10.1 Å². The summed E-state index contributed by atoms with van der Waals surface area (Å²) in [6.45, 7) is 4.84. The monoisotopic (exact) mass is 389 g/mol. The van der Waals surface area contributed by atoms with Crippen LogP contribution in [0.1, 0.15) is 29.8 Å². The third-order valence-corrected chi connectivity index (χ3v) is 5.36. The van der Waals surface area contributed by atoms with Crippen LogP contribution in [0.3, 0.4) is 0 Å². The van der Waals surface area contributed by atoms with E-state index in [1.54, 1.807) is 17.9 Å². The van der Waals surface area contributed by atoms with Crippen LogP contribution in [0.25, 0.3) is 16.5 Å². The van der Waals surface area contributed by atoms with Crippen LogP contribution < -0.4 is 10.1 Å². The van der Waals surface area contributed by atoms with Gasteiger partial charge in [0, 0.05) is 29.2 Å². The molecule has 0 aliphatic rings. The summed E-state index contributed by atoms with van der Waals surface area (Å²) in [4.78, 5) is 0. The largest absolute Gasteiger partial charge is 0.496 e. The molecule has 0 bridgehead atoms. The number of ether oxygens (including phenoxy) is 1. The predicted molar refractivity (Wildman–Crippen MR) is 114 cm³/mol. The molecule has 0 saturated heterocycles. The Kier molecular flexibility index (Phi) is 5.32. The van der Waals surface area contributed by atoms with E-state index in [0.29, 0.717) is 0 Å². The van der Waals surface area contributed by atoms with Crippen molar-refractivity contribution in [3.63, 3.8) is 0 Å². The Morgan fingerprint density at radius 2 is 1.86 bits per heavy atom. The molecule has 5 heteroatoms. The molecule has 0 aliphatic carbocycles. The minimum Gasteiger partial charge on any atom is -0.496 e. The molecule has 3 aromatic carbocycles. The van der Waals surface area contributed by atoms with Gasteiger partial charge in [0.05, 0.1) is 19.0 Å². The number of fused-ring (bicyclic) bond motifs is 1. The maximum absolute atomic E-state index is 13.6. The van der Waals surface area contributed by atoms with Gasteiger partial charge in [0.1, 0.15) is 11.6 Å². The Bertz CT molecular complexity index is 1150. The van der Waals surface area contributed by atoms with Gasteiger partial charge in [0.2, 0.25) is 0 Å². The molecule has 4 aromatic rings. The second-order valence-electron chi connectivity index (χ2n) is 7.15. The zero-order valence-corrected chi connectivity index (χ0v) is 16.8. The highest BCUT2D eigenvalue weighted by Crippen LogP contribution is 2.29. The number of rotatable bonds is 6. The van der Waals surface area contributed by atoms with E-state index in [9.17, 15) is 4.39 Å². The second kappa shape index (κ2) is 8.05. The SMILES string of the molecule is COc1ccc(CN[C@H](C)c2cnn(-c3cccc(F)c3)c2C)c2ccccc12. The van der Waals surface area contributed by atoms with E-state index in [1.807, 2.05) is 37.4 Å². The molecule has 4 nitrogen and oxygen atoms in total. The molecule has 0 aliphatic heterocycles. The van der Waals surface area contributed by atoms with Crippen LogP contribution in [0.2, 0.25) is 0 Å². The molecule has 0 fully saturated rings. The highest BCUT2D eigenvalue weighted by Gasteiger charge is 2.15. The fourth-order valence-corrected chi connectivity index (χ4v) is 3.75. The molecular formula is C24H24FN3O. The first-order valence-electron chi connectivity index (χ1n) is 9.67. The van der Waals surface area contributed by atoms with Crippen molar-refractivity contribution < 1.29 is 9.13 Å². The summed E-state index contributed by atoms with van der Waals surface area (Å²) in [5, 5.41) is 10.4. The van der Waals surface area contributed by atoms with E-state index in [2.05, 4.69) is 35.5 Å². The van der Waals surface area contributed by atoms with Crippen LogP contribution in [-0.2, 0) is 6.54 Å². The lowest BCUT2D eigenvalue weighted by Crippen LogP contribution is -2.19. The molecular weight excluding hydrogens is 365 g/mol. The number of aromatic nitrogens is 2. The first-order valence-corrected chi connectivity index (χ1v) is 9.67. The molecule has 148 valence electrons. The number of nitrogens with one attached hydrogen (secondary N) is 1. The van der Waals surface area contributed by atoms with E-state index >= 15 is 0 Å². The zero-order chi connectivity index (χ0) is 20.4. The average Bonchev–Trinajstić information content (AvgIpc) is 3.13. The van der Waals surface area contributed by atoms with Gasteiger partial charge in [0.25, 0.3) is 0 Å². The van der Waals surface area contributed by atoms with Gasteiger partial charge in [-0.25, -0.2) is 9.07 Å². The summed E-state index contributed by atoms with van der Waals surface area (Å²) < 4.78 is 20.8. The van der Waals surface area contributed by atoms with Crippen LogP contribution >= 0.6 is 0 Å². The minimum absolute atomic E-state index is 0.0955. The zero-order valence-electron chi connectivity index (χ0n) is 16.8. The van der Waals surface area contributed by atoms with Gasteiger partial charge >= 0.3 is 0 Å². The molecule has 0 saturated carbocycles. The van der Waals surface area contributed by atoms with E-state index in [0.717, 1.165) is 34.6 Å². The van der Waals surface area contributed by atoms with Gasteiger partial charge in [0.15, 0.2) is 0 Å². The Morgan fingerprint density at radius 3 is 2.62 bits per heavy atom. The molecule has 4 rings (SSSR count). The lowest BCUT2D eigenvalue weighted by molar-refractivity contribution is 0.419. The molecule has 0 amide bonds. The van der Waals surface area contributed by atoms with Crippen LogP contribution in [0, 0.1) is 12.7 Å². The lowest BCUT2D eigenvalue weighted by Gasteiger charge is -2.16. The average molecular weight is 389 g/mol. The molecule has 0 radical (unpaired) electrons. The van der Waals surface area contributed by atoms with E-state index < -0.39 is 0 Å². The van der Waals surface area contributed by atoms with Crippen LogP contribution in [0.5, 0.6) is 5.75 Å². The number of benzene rings is 3. The van der Waals surface area contributed by atoms with Crippen molar-refractivity contribution in [3.8, 4) is 11.4 Å². The van der Waals surface area contributed by atoms with Crippen LogP contribution in [0.4, 0.5) is 4.39 Å². The molecule has 0 unspecified atom stereocenters. The molecule has 0 spiro atoms. The Hall–Kier alpha value is -3.18. The predicted octanol–water partition coefficient (Wildman–Crippen LogP) is 5.33. The Balaban J connectivity index is 1.56. The fourth-order valence-electron chi connectivity index (χ4n) is 3.75. The molecule has 1 N–H and O–H groups in total. The summed E-state index contributed by atoms with van der Waals surface area (Å²) >= 11 is 0. The highest BCUT2D eigenvalue weighted by atomic mass is 19.1. The van der Waals surface area contributed by atoms with E-state index in [4.69, 9.17) is 4.74 Å². The molecule has 1 atom stereocenters. The lowest BCUT2D eigenvalue weighted by atomic mass is 10.0. The van der Waals surface area contributed by atoms with Crippen molar-refractivity contribution in [2.45, 2.75) is 26.4 Å². The van der Waals surface area contributed by atoms with Gasteiger partial charge in [-0.1, -0.05) is 36.4 Å². The second-order valence-corrected chi connectivity index (χ2v) is 7.15. The third-order valence-electron chi connectivity index (χ3n) is 5.36. The first kappa shape index (κ1) is 19.2. The smallest absolute Gasteiger partial charge is 0.126 e.